The molecule has 0 saturated carbocycles. The molecule has 38 heavy (non-hydrogen) atoms. The Morgan fingerprint density at radius 3 is 2.47 bits per heavy atom. The van der Waals surface area contributed by atoms with Crippen molar-refractivity contribution in [3.8, 4) is 5.75 Å². The van der Waals surface area contributed by atoms with Crippen LogP contribution in [0, 0.1) is 5.92 Å². The number of thioether (sulfide) groups is 1. The van der Waals surface area contributed by atoms with Gasteiger partial charge < -0.3 is 9.47 Å². The Labute approximate surface area is 227 Å². The Morgan fingerprint density at radius 1 is 0.947 bits per heavy atom. The highest BCUT2D eigenvalue weighted by atomic mass is 32.2. The summed E-state index contributed by atoms with van der Waals surface area (Å²) < 4.78 is 11.2. The maximum Gasteiger partial charge on any atom is 0.419 e. The minimum absolute atomic E-state index is 0.152. The summed E-state index contributed by atoms with van der Waals surface area (Å²) in [5, 5.41) is 2.60. The van der Waals surface area contributed by atoms with Gasteiger partial charge in [-0.25, -0.2) is 9.69 Å². The third-order valence-corrected chi connectivity index (χ3v) is 10.4. The summed E-state index contributed by atoms with van der Waals surface area (Å²) in [7, 11) is 1.70. The van der Waals surface area contributed by atoms with E-state index in [-0.39, 0.29) is 15.6 Å². The highest BCUT2D eigenvalue weighted by Gasteiger charge is 2.78. The van der Waals surface area contributed by atoms with Crippen molar-refractivity contribution in [2.24, 2.45) is 5.92 Å². The third-order valence-electron chi connectivity index (χ3n) is 8.33. The van der Waals surface area contributed by atoms with Crippen LogP contribution in [-0.2, 0) is 20.7 Å². The van der Waals surface area contributed by atoms with Crippen molar-refractivity contribution in [3.05, 3.63) is 101 Å². The lowest BCUT2D eigenvalue weighted by Gasteiger charge is -2.39. The molecule has 0 radical (unpaired) electrons. The van der Waals surface area contributed by atoms with Crippen LogP contribution >= 0.6 is 11.8 Å². The molecule has 192 valence electrons. The molecule has 5 heteroatoms. The number of carbonyl (C=O) groups is 1. The minimum Gasteiger partial charge on any atom is -0.497 e. The van der Waals surface area contributed by atoms with Gasteiger partial charge in [0.2, 0.25) is 0 Å². The van der Waals surface area contributed by atoms with Gasteiger partial charge in [-0.2, -0.15) is 0 Å². The largest absolute Gasteiger partial charge is 0.497 e. The average molecular weight is 522 g/mol. The number of hydrogen-bond donors (Lipinski definition) is 0. The van der Waals surface area contributed by atoms with E-state index >= 15 is 0 Å². The van der Waals surface area contributed by atoms with Crippen LogP contribution in [0.2, 0.25) is 0 Å². The van der Waals surface area contributed by atoms with Crippen LogP contribution in [0.5, 0.6) is 5.75 Å². The summed E-state index contributed by atoms with van der Waals surface area (Å²) in [6.45, 7) is 8.11. The summed E-state index contributed by atoms with van der Waals surface area (Å²) in [5.41, 5.74) is 6.29. The second kappa shape index (κ2) is 7.79. The van der Waals surface area contributed by atoms with Crippen LogP contribution in [0.4, 0.5) is 16.2 Å². The molecule has 2 aliphatic heterocycles. The number of ether oxygens (including phenoxy) is 2. The number of benzene rings is 4. The number of fused-ring (bicyclic) bond motifs is 9. The molecule has 1 fully saturated rings. The van der Waals surface area contributed by atoms with Gasteiger partial charge in [-0.1, -0.05) is 61.5 Å². The monoisotopic (exact) mass is 521 g/mol. The van der Waals surface area contributed by atoms with E-state index in [0.29, 0.717) is 5.92 Å². The van der Waals surface area contributed by atoms with Crippen LogP contribution in [0.1, 0.15) is 49.9 Å². The minimum atomic E-state index is -0.610. The predicted molar refractivity (Wildman–Crippen MR) is 155 cm³/mol. The number of anilines is 2. The van der Waals surface area contributed by atoms with Gasteiger partial charge in [0.25, 0.3) is 0 Å². The van der Waals surface area contributed by atoms with Gasteiger partial charge in [0, 0.05) is 5.56 Å². The molecule has 3 atom stereocenters. The zero-order valence-electron chi connectivity index (χ0n) is 22.4. The van der Waals surface area contributed by atoms with Gasteiger partial charge in [0.05, 0.1) is 28.0 Å². The molecule has 1 aliphatic carbocycles. The zero-order chi connectivity index (χ0) is 26.4. The highest BCUT2D eigenvalue weighted by Crippen LogP contribution is 2.86. The summed E-state index contributed by atoms with van der Waals surface area (Å²) in [5.74, 6) is 1.20. The van der Waals surface area contributed by atoms with E-state index in [9.17, 15) is 4.79 Å². The zero-order valence-corrected chi connectivity index (χ0v) is 23.2. The number of hydrogen-bond acceptors (Lipinski definition) is 4. The second-order valence-corrected chi connectivity index (χ2v) is 13.1. The number of carbonyl (C=O) groups excluding carboxylic acids is 1. The molecule has 2 unspecified atom stereocenters. The quantitative estimate of drug-likeness (QED) is 0.236. The lowest BCUT2D eigenvalue weighted by molar-refractivity contribution is 0.0597. The van der Waals surface area contributed by atoms with Crippen molar-refractivity contribution in [3.63, 3.8) is 0 Å². The van der Waals surface area contributed by atoms with Crippen molar-refractivity contribution in [2.45, 2.75) is 49.2 Å². The molecular weight excluding hydrogens is 490 g/mol. The van der Waals surface area contributed by atoms with Crippen molar-refractivity contribution < 1.29 is 14.3 Å². The van der Waals surface area contributed by atoms with E-state index in [4.69, 9.17) is 9.47 Å². The van der Waals surface area contributed by atoms with Gasteiger partial charge >= 0.3 is 6.09 Å². The Balaban J connectivity index is 1.53. The van der Waals surface area contributed by atoms with Crippen molar-refractivity contribution in [1.82, 2.24) is 0 Å². The molecule has 0 N–H and O–H groups in total. The summed E-state index contributed by atoms with van der Waals surface area (Å²) in [4.78, 5) is 15.5. The number of methoxy groups -OCH3 is 1. The van der Waals surface area contributed by atoms with Crippen molar-refractivity contribution in [2.75, 3.05) is 12.0 Å². The smallest absolute Gasteiger partial charge is 0.419 e. The van der Waals surface area contributed by atoms with Crippen LogP contribution in [0.25, 0.3) is 10.8 Å². The molecule has 4 nitrogen and oxygen atoms in total. The first-order chi connectivity index (χ1) is 18.2. The molecular formula is C33H31NO3S. The fourth-order valence-electron chi connectivity index (χ4n) is 6.91. The van der Waals surface area contributed by atoms with Gasteiger partial charge in [-0.15, -0.1) is 11.8 Å². The molecule has 2 spiro atoms. The fourth-order valence-corrected chi connectivity index (χ4v) is 9.05. The first-order valence-corrected chi connectivity index (χ1v) is 14.1. The summed E-state index contributed by atoms with van der Waals surface area (Å²) >= 11 is 2.03. The predicted octanol–water partition coefficient (Wildman–Crippen LogP) is 8.31. The summed E-state index contributed by atoms with van der Waals surface area (Å²) in [6.07, 6.45) is 0.669. The average Bonchev–Trinajstić information content (AvgIpc) is 3.49. The van der Waals surface area contributed by atoms with E-state index in [1.54, 1.807) is 12.0 Å². The lowest BCUT2D eigenvalue weighted by atomic mass is 9.71. The Hall–Kier alpha value is -3.44. The Morgan fingerprint density at radius 2 is 1.68 bits per heavy atom. The van der Waals surface area contributed by atoms with Gasteiger partial charge in [-0.3, -0.25) is 0 Å². The van der Waals surface area contributed by atoms with Crippen LogP contribution in [0.15, 0.2) is 78.9 Å². The highest BCUT2D eigenvalue weighted by molar-refractivity contribution is 8.08. The molecule has 4 aromatic carbocycles. The molecule has 7 rings (SSSR count). The first kappa shape index (κ1) is 23.7. The molecule has 1 saturated heterocycles. The van der Waals surface area contributed by atoms with Crippen molar-refractivity contribution in [1.29, 1.82) is 0 Å². The van der Waals surface area contributed by atoms with Crippen LogP contribution in [0.3, 0.4) is 0 Å². The molecule has 2 heterocycles. The SMILES string of the molecule is COc1ccc2c(c1)C1(SC13c1c(ccc4ccccc14)C[C@@H]3C)c1ccccc1N2C(=O)OC(C)(C)C. The van der Waals surface area contributed by atoms with Gasteiger partial charge in [-0.05, 0) is 84.8 Å². The topological polar surface area (TPSA) is 38.8 Å². The number of amides is 1. The molecule has 4 aromatic rings. The van der Waals surface area contributed by atoms with Gasteiger partial charge in [0.1, 0.15) is 11.4 Å². The van der Waals surface area contributed by atoms with E-state index < -0.39 is 5.60 Å². The first-order valence-electron chi connectivity index (χ1n) is 13.2. The molecule has 0 aromatic heterocycles. The molecule has 1 amide bonds. The standard InChI is InChI=1S/C33H31NO3S/c1-20-18-22-15-14-21-10-6-7-11-24(21)29(22)32(20)33(38-32)25-12-8-9-13-27(25)34(30(35)37-31(2,3)4)28-17-16-23(36-5)19-26(28)33/h6-17,19-20H,18H2,1-5H3/t20-,32?,33?/m0/s1. The van der Waals surface area contributed by atoms with Crippen molar-refractivity contribution >= 4 is 40.0 Å². The van der Waals surface area contributed by atoms with Crippen LogP contribution in [-0.4, -0.2) is 18.8 Å². The normalized spacial score (nSPS) is 24.8. The lowest BCUT2D eigenvalue weighted by Crippen LogP contribution is -2.40. The number of para-hydroxylation sites is 1. The Bertz CT molecular complexity index is 1640. The molecule has 0 bridgehead atoms. The number of nitrogens with zero attached hydrogens (tertiary/aromatic N) is 1. The third kappa shape index (κ3) is 2.97. The van der Waals surface area contributed by atoms with Crippen LogP contribution < -0.4 is 9.64 Å². The second-order valence-electron chi connectivity index (χ2n) is 11.7. The maximum absolute atomic E-state index is 13.7. The number of rotatable bonds is 1. The van der Waals surface area contributed by atoms with E-state index in [1.165, 1.54) is 21.9 Å². The maximum atomic E-state index is 13.7. The molecule has 3 aliphatic rings. The van der Waals surface area contributed by atoms with E-state index in [2.05, 4.69) is 67.6 Å². The van der Waals surface area contributed by atoms with E-state index in [1.807, 2.05) is 50.7 Å². The van der Waals surface area contributed by atoms with E-state index in [0.717, 1.165) is 34.7 Å². The van der Waals surface area contributed by atoms with Gasteiger partial charge in [0.15, 0.2) is 0 Å². The Kier molecular flexibility index (Phi) is 4.85. The fraction of sp³-hybridized carbons (Fsp3) is 0.303. The summed E-state index contributed by atoms with van der Waals surface area (Å²) in [6, 6.07) is 27.8.